The van der Waals surface area contributed by atoms with Crippen molar-refractivity contribution < 1.29 is 4.92 Å². The first-order valence-corrected chi connectivity index (χ1v) is 5.56. The van der Waals surface area contributed by atoms with Crippen LogP contribution in [0.4, 0.5) is 5.69 Å². The number of nitrogens with zero attached hydrogens (tertiary/aromatic N) is 4. The molecule has 0 spiro atoms. The molecule has 2 rings (SSSR count). The molecule has 7 nitrogen and oxygen atoms in total. The summed E-state index contributed by atoms with van der Waals surface area (Å²) in [6, 6.07) is 6.48. The van der Waals surface area contributed by atoms with E-state index in [1.54, 1.807) is 29.1 Å². The van der Waals surface area contributed by atoms with Crippen molar-refractivity contribution in [1.82, 2.24) is 15.0 Å². The fourth-order valence-corrected chi connectivity index (χ4v) is 1.63. The standard InChI is InChI=1S/C11H13N5O2/c12-6-3-7-15-8-10(13-14-15)9-4-1-2-5-11(9)16(17)18/h1-2,4-5,8H,3,6-7,12H2. The number of aromatic nitrogens is 3. The molecule has 0 radical (unpaired) electrons. The van der Waals surface area contributed by atoms with Gasteiger partial charge < -0.3 is 5.73 Å². The summed E-state index contributed by atoms with van der Waals surface area (Å²) in [4.78, 5) is 10.5. The van der Waals surface area contributed by atoms with Crippen LogP contribution in [0.5, 0.6) is 0 Å². The Bertz CT molecular complexity index is 552. The number of hydrogen-bond acceptors (Lipinski definition) is 5. The summed E-state index contributed by atoms with van der Waals surface area (Å²) >= 11 is 0. The van der Waals surface area contributed by atoms with Gasteiger partial charge in [-0.3, -0.25) is 14.8 Å². The van der Waals surface area contributed by atoms with Crippen LogP contribution in [-0.4, -0.2) is 26.5 Å². The van der Waals surface area contributed by atoms with Gasteiger partial charge in [-0.05, 0) is 19.0 Å². The van der Waals surface area contributed by atoms with Crippen molar-refractivity contribution in [3.63, 3.8) is 0 Å². The molecule has 0 aliphatic rings. The zero-order valence-electron chi connectivity index (χ0n) is 9.69. The molecule has 0 saturated heterocycles. The monoisotopic (exact) mass is 247 g/mol. The van der Waals surface area contributed by atoms with E-state index in [4.69, 9.17) is 5.73 Å². The third-order valence-electron chi connectivity index (χ3n) is 2.51. The molecule has 18 heavy (non-hydrogen) atoms. The summed E-state index contributed by atoms with van der Waals surface area (Å²) in [6.07, 6.45) is 2.48. The molecule has 2 aromatic rings. The molecule has 0 unspecified atom stereocenters. The summed E-state index contributed by atoms with van der Waals surface area (Å²) in [6.45, 7) is 1.23. The number of hydrogen-bond donors (Lipinski definition) is 1. The van der Waals surface area contributed by atoms with Crippen molar-refractivity contribution >= 4 is 5.69 Å². The van der Waals surface area contributed by atoms with Gasteiger partial charge in [-0.1, -0.05) is 17.3 Å². The second-order valence-electron chi connectivity index (χ2n) is 3.78. The van der Waals surface area contributed by atoms with Crippen LogP contribution in [0.15, 0.2) is 30.5 Å². The van der Waals surface area contributed by atoms with Gasteiger partial charge in [0.25, 0.3) is 5.69 Å². The van der Waals surface area contributed by atoms with Gasteiger partial charge in [-0.25, -0.2) is 0 Å². The van der Waals surface area contributed by atoms with Gasteiger partial charge in [0.15, 0.2) is 0 Å². The minimum absolute atomic E-state index is 0.0309. The van der Waals surface area contributed by atoms with E-state index in [0.717, 1.165) is 6.42 Å². The van der Waals surface area contributed by atoms with E-state index in [1.807, 2.05) is 0 Å². The maximum atomic E-state index is 10.9. The maximum Gasteiger partial charge on any atom is 0.278 e. The average molecular weight is 247 g/mol. The van der Waals surface area contributed by atoms with Crippen LogP contribution in [-0.2, 0) is 6.54 Å². The Morgan fingerprint density at radius 3 is 2.89 bits per heavy atom. The molecular weight excluding hydrogens is 234 g/mol. The lowest BCUT2D eigenvalue weighted by Gasteiger charge is -1.98. The van der Waals surface area contributed by atoms with Crippen LogP contribution in [0.1, 0.15) is 6.42 Å². The zero-order valence-corrected chi connectivity index (χ0v) is 9.69. The largest absolute Gasteiger partial charge is 0.330 e. The van der Waals surface area contributed by atoms with Crippen LogP contribution < -0.4 is 5.73 Å². The summed E-state index contributed by atoms with van der Waals surface area (Å²) < 4.78 is 1.64. The van der Waals surface area contributed by atoms with Crippen molar-refractivity contribution in [2.24, 2.45) is 5.73 Å². The number of nitrogens with two attached hydrogens (primary N) is 1. The van der Waals surface area contributed by atoms with Gasteiger partial charge in [0.05, 0.1) is 16.7 Å². The number of aryl methyl sites for hydroxylation is 1. The van der Waals surface area contributed by atoms with Crippen LogP contribution >= 0.6 is 0 Å². The van der Waals surface area contributed by atoms with Crippen molar-refractivity contribution in [1.29, 1.82) is 0 Å². The SMILES string of the molecule is NCCCn1cc(-c2ccccc2[N+](=O)[O-])nn1. The topological polar surface area (TPSA) is 99.9 Å². The lowest BCUT2D eigenvalue weighted by molar-refractivity contribution is -0.384. The first-order chi connectivity index (χ1) is 8.72. The van der Waals surface area contributed by atoms with Crippen LogP contribution in [0.25, 0.3) is 11.3 Å². The predicted molar refractivity (Wildman–Crippen MR) is 65.8 cm³/mol. The molecule has 1 aromatic carbocycles. The molecule has 7 heteroatoms. The number of para-hydroxylation sites is 1. The third kappa shape index (κ3) is 2.51. The Morgan fingerprint density at radius 2 is 2.17 bits per heavy atom. The van der Waals surface area contributed by atoms with E-state index in [1.165, 1.54) is 6.07 Å². The minimum atomic E-state index is -0.422. The fourth-order valence-electron chi connectivity index (χ4n) is 1.63. The van der Waals surface area contributed by atoms with Gasteiger partial charge in [0, 0.05) is 12.6 Å². The Labute approximate surface area is 103 Å². The predicted octanol–water partition coefficient (Wildman–Crippen LogP) is 1.20. The summed E-state index contributed by atoms with van der Waals surface area (Å²) in [7, 11) is 0. The quantitative estimate of drug-likeness (QED) is 0.632. The van der Waals surface area contributed by atoms with Crippen molar-refractivity contribution in [2.75, 3.05) is 6.54 Å². The van der Waals surface area contributed by atoms with Gasteiger partial charge >= 0.3 is 0 Å². The van der Waals surface area contributed by atoms with Crippen molar-refractivity contribution in [3.05, 3.63) is 40.6 Å². The number of rotatable bonds is 5. The van der Waals surface area contributed by atoms with Crippen LogP contribution in [0.2, 0.25) is 0 Å². The highest BCUT2D eigenvalue weighted by Gasteiger charge is 2.16. The normalized spacial score (nSPS) is 10.5. The molecule has 0 atom stereocenters. The third-order valence-corrected chi connectivity index (χ3v) is 2.51. The first kappa shape index (κ1) is 12.2. The van der Waals surface area contributed by atoms with E-state index < -0.39 is 4.92 Å². The molecule has 0 amide bonds. The highest BCUT2D eigenvalue weighted by Crippen LogP contribution is 2.27. The first-order valence-electron chi connectivity index (χ1n) is 5.56. The summed E-state index contributed by atoms with van der Waals surface area (Å²) in [5, 5.41) is 18.8. The van der Waals surface area contributed by atoms with E-state index in [0.29, 0.717) is 24.3 Å². The highest BCUT2D eigenvalue weighted by atomic mass is 16.6. The smallest absolute Gasteiger partial charge is 0.278 e. The van der Waals surface area contributed by atoms with Gasteiger partial charge in [-0.15, -0.1) is 5.10 Å². The zero-order chi connectivity index (χ0) is 13.0. The molecule has 1 heterocycles. The second-order valence-corrected chi connectivity index (χ2v) is 3.78. The lowest BCUT2D eigenvalue weighted by atomic mass is 10.1. The maximum absolute atomic E-state index is 10.9. The van der Waals surface area contributed by atoms with E-state index >= 15 is 0 Å². The Kier molecular flexibility index (Phi) is 3.63. The van der Waals surface area contributed by atoms with Crippen LogP contribution in [0, 0.1) is 10.1 Å². The Balaban J connectivity index is 2.31. The molecular formula is C11H13N5O2. The molecule has 0 aliphatic heterocycles. The minimum Gasteiger partial charge on any atom is -0.330 e. The number of nitro groups is 1. The van der Waals surface area contributed by atoms with Gasteiger partial charge in [-0.2, -0.15) is 0 Å². The van der Waals surface area contributed by atoms with Crippen LogP contribution in [0.3, 0.4) is 0 Å². The van der Waals surface area contributed by atoms with Gasteiger partial charge in [0.1, 0.15) is 5.69 Å². The fraction of sp³-hybridized carbons (Fsp3) is 0.273. The molecule has 0 bridgehead atoms. The number of nitro benzene ring substituents is 1. The van der Waals surface area contributed by atoms with Crippen molar-refractivity contribution in [3.8, 4) is 11.3 Å². The molecule has 0 saturated carbocycles. The highest BCUT2D eigenvalue weighted by molar-refractivity contribution is 5.69. The summed E-state index contributed by atoms with van der Waals surface area (Å²) in [5.41, 5.74) is 6.41. The van der Waals surface area contributed by atoms with Gasteiger partial charge in [0.2, 0.25) is 0 Å². The van der Waals surface area contributed by atoms with E-state index in [9.17, 15) is 10.1 Å². The number of benzene rings is 1. The van der Waals surface area contributed by atoms with E-state index in [-0.39, 0.29) is 5.69 Å². The molecule has 1 aromatic heterocycles. The Hall–Kier alpha value is -2.28. The van der Waals surface area contributed by atoms with Crippen molar-refractivity contribution in [2.45, 2.75) is 13.0 Å². The van der Waals surface area contributed by atoms with E-state index in [2.05, 4.69) is 10.3 Å². The summed E-state index contributed by atoms with van der Waals surface area (Å²) in [5.74, 6) is 0. The Morgan fingerprint density at radius 1 is 1.39 bits per heavy atom. The molecule has 0 fully saturated rings. The molecule has 94 valence electrons. The average Bonchev–Trinajstić information content (AvgIpc) is 2.85. The molecule has 2 N–H and O–H groups in total. The second kappa shape index (κ2) is 5.37. The molecule has 0 aliphatic carbocycles. The lowest BCUT2D eigenvalue weighted by Crippen LogP contribution is -2.06.